The average molecular weight is 320 g/mol. The molecule has 22 heavy (non-hydrogen) atoms. The lowest BCUT2D eigenvalue weighted by molar-refractivity contribution is -0.0753. The number of rotatable bonds is 10. The number of hydrogen-bond donors (Lipinski definition) is 6. The summed E-state index contributed by atoms with van der Waals surface area (Å²) in [6.07, 6.45) is 2.06. The molecule has 0 saturated heterocycles. The third-order valence-corrected chi connectivity index (χ3v) is 3.32. The van der Waals surface area contributed by atoms with Crippen LogP contribution in [0.15, 0.2) is 24.3 Å². The van der Waals surface area contributed by atoms with Gasteiger partial charge in [-0.2, -0.15) is 0 Å². The first-order valence-corrected chi connectivity index (χ1v) is 6.97. The molecule has 1 aliphatic carbocycles. The highest BCUT2D eigenvalue weighted by Gasteiger charge is 2.39. The number of aliphatic hydroxyl groups excluding tert-OH is 4. The largest absolute Gasteiger partial charge is 0.394 e. The fourth-order valence-corrected chi connectivity index (χ4v) is 1.88. The Morgan fingerprint density at radius 1 is 0.727 bits per heavy atom. The molecule has 8 nitrogen and oxygen atoms in total. The van der Waals surface area contributed by atoms with Crippen LogP contribution in [0.25, 0.3) is 0 Å². The molecule has 0 aromatic rings. The topological polar surface area (TPSA) is 140 Å². The Hall–Kier alpha value is -0.840. The molecule has 0 spiro atoms. The summed E-state index contributed by atoms with van der Waals surface area (Å²) in [5, 5.41) is 57.4. The van der Waals surface area contributed by atoms with E-state index in [2.05, 4.69) is 0 Å². The summed E-state index contributed by atoms with van der Waals surface area (Å²) in [5.41, 5.74) is -3.49. The van der Waals surface area contributed by atoms with Gasteiger partial charge < -0.3 is 40.1 Å². The third kappa shape index (κ3) is 5.11. The van der Waals surface area contributed by atoms with Crippen LogP contribution in [0.4, 0.5) is 0 Å². The van der Waals surface area contributed by atoms with Crippen molar-refractivity contribution in [1.82, 2.24) is 0 Å². The van der Waals surface area contributed by atoms with Gasteiger partial charge in [-0.05, 0) is 24.3 Å². The van der Waals surface area contributed by atoms with Crippen LogP contribution >= 0.6 is 0 Å². The van der Waals surface area contributed by atoms with Gasteiger partial charge in [-0.3, -0.25) is 0 Å². The highest BCUT2D eigenvalue weighted by atomic mass is 16.5. The first-order valence-electron chi connectivity index (χ1n) is 6.97. The molecule has 0 aromatic heterocycles. The van der Waals surface area contributed by atoms with Crippen molar-refractivity contribution in [2.24, 2.45) is 0 Å². The summed E-state index contributed by atoms with van der Waals surface area (Å²) < 4.78 is 9.89. The van der Waals surface area contributed by atoms with Gasteiger partial charge >= 0.3 is 0 Å². The van der Waals surface area contributed by atoms with Crippen LogP contribution in [0.3, 0.4) is 0 Å². The molecule has 2 atom stereocenters. The first kappa shape index (κ1) is 19.2. The fraction of sp³-hybridized carbons (Fsp3) is 0.714. The second kappa shape index (κ2) is 8.70. The maximum absolute atomic E-state index is 10.2. The van der Waals surface area contributed by atoms with Crippen molar-refractivity contribution in [3.63, 3.8) is 0 Å². The maximum atomic E-state index is 10.2. The van der Waals surface area contributed by atoms with E-state index in [9.17, 15) is 20.4 Å². The monoisotopic (exact) mass is 320 g/mol. The summed E-state index contributed by atoms with van der Waals surface area (Å²) in [5.74, 6) is 0. The van der Waals surface area contributed by atoms with E-state index in [0.717, 1.165) is 24.3 Å². The highest BCUT2D eigenvalue weighted by molar-refractivity contribution is 5.32. The minimum atomic E-state index is -1.74. The Kier molecular flexibility index (Phi) is 7.60. The van der Waals surface area contributed by atoms with Gasteiger partial charge in [0.25, 0.3) is 0 Å². The zero-order valence-electron chi connectivity index (χ0n) is 12.2. The molecule has 0 amide bonds. The Morgan fingerprint density at radius 3 is 1.32 bits per heavy atom. The molecule has 1 aliphatic rings. The van der Waals surface area contributed by atoms with Crippen molar-refractivity contribution in [2.75, 3.05) is 39.6 Å². The van der Waals surface area contributed by atoms with Crippen LogP contribution in [0.2, 0.25) is 0 Å². The maximum Gasteiger partial charge on any atom is 0.129 e. The van der Waals surface area contributed by atoms with E-state index < -0.39 is 23.4 Å². The first-order chi connectivity index (χ1) is 10.4. The molecule has 8 heteroatoms. The van der Waals surface area contributed by atoms with Crippen LogP contribution in [0.1, 0.15) is 0 Å². The quantitative estimate of drug-likeness (QED) is 0.189. The molecule has 0 aromatic carbocycles. The summed E-state index contributed by atoms with van der Waals surface area (Å²) in [6, 6.07) is 0. The second-order valence-electron chi connectivity index (χ2n) is 5.07. The Bertz CT molecular complexity index is 333. The van der Waals surface area contributed by atoms with Crippen LogP contribution in [-0.2, 0) is 9.47 Å². The lowest BCUT2D eigenvalue weighted by atomic mass is 9.83. The molecule has 128 valence electrons. The Balaban J connectivity index is 2.60. The molecule has 0 radical (unpaired) electrons. The summed E-state index contributed by atoms with van der Waals surface area (Å²) in [7, 11) is 0. The predicted molar refractivity (Wildman–Crippen MR) is 76.0 cm³/mol. The van der Waals surface area contributed by atoms with E-state index in [-0.39, 0.29) is 39.6 Å². The van der Waals surface area contributed by atoms with Crippen molar-refractivity contribution in [2.45, 2.75) is 23.4 Å². The van der Waals surface area contributed by atoms with Crippen LogP contribution in [0, 0.1) is 0 Å². The minimum absolute atomic E-state index is 0.0332. The van der Waals surface area contributed by atoms with Gasteiger partial charge in [0.1, 0.15) is 23.4 Å². The number of ether oxygens (including phenoxy) is 2. The Labute approximate surface area is 128 Å². The van der Waals surface area contributed by atoms with E-state index in [1.54, 1.807) is 0 Å². The molecule has 0 fully saturated rings. The molecular formula is C14H24O8. The van der Waals surface area contributed by atoms with Crippen molar-refractivity contribution in [1.29, 1.82) is 0 Å². The van der Waals surface area contributed by atoms with Crippen LogP contribution < -0.4 is 0 Å². The van der Waals surface area contributed by atoms with Crippen molar-refractivity contribution in [3.05, 3.63) is 24.3 Å². The second-order valence-corrected chi connectivity index (χ2v) is 5.07. The van der Waals surface area contributed by atoms with E-state index in [0.29, 0.717) is 0 Å². The minimum Gasteiger partial charge on any atom is -0.394 e. The zero-order valence-corrected chi connectivity index (χ0v) is 12.2. The van der Waals surface area contributed by atoms with E-state index in [4.69, 9.17) is 19.7 Å². The SMILES string of the molecule is OCCOCC(O)C1(O)C=CC(O)(C(O)COCCO)C=C1. The summed E-state index contributed by atoms with van der Waals surface area (Å²) >= 11 is 0. The van der Waals surface area contributed by atoms with Gasteiger partial charge in [0.15, 0.2) is 0 Å². The molecule has 0 aliphatic heterocycles. The predicted octanol–water partition coefficient (Wildman–Crippen LogP) is -2.69. The highest BCUT2D eigenvalue weighted by Crippen LogP contribution is 2.27. The zero-order chi connectivity index (χ0) is 16.6. The van der Waals surface area contributed by atoms with Crippen molar-refractivity contribution < 1.29 is 40.1 Å². The average Bonchev–Trinajstić information content (AvgIpc) is 2.51. The fourth-order valence-electron chi connectivity index (χ4n) is 1.88. The van der Waals surface area contributed by atoms with Gasteiger partial charge in [-0.15, -0.1) is 0 Å². The molecular weight excluding hydrogens is 296 g/mol. The molecule has 0 heterocycles. The lowest BCUT2D eigenvalue weighted by Crippen LogP contribution is -2.49. The van der Waals surface area contributed by atoms with E-state index >= 15 is 0 Å². The van der Waals surface area contributed by atoms with Crippen molar-refractivity contribution in [3.8, 4) is 0 Å². The smallest absolute Gasteiger partial charge is 0.129 e. The lowest BCUT2D eigenvalue weighted by Gasteiger charge is -2.35. The Morgan fingerprint density at radius 2 is 1.05 bits per heavy atom. The summed E-state index contributed by atoms with van der Waals surface area (Å²) in [4.78, 5) is 0. The van der Waals surface area contributed by atoms with Crippen LogP contribution in [-0.4, -0.2) is 93.7 Å². The molecule has 1 rings (SSSR count). The third-order valence-electron chi connectivity index (χ3n) is 3.32. The molecule has 6 N–H and O–H groups in total. The van der Waals surface area contributed by atoms with Crippen LogP contribution in [0.5, 0.6) is 0 Å². The standard InChI is InChI=1S/C14H24O8/c15-5-7-21-9-11(17)13(19)1-2-14(20,4-3-13)12(18)10-22-8-6-16/h1-4,11-12,15-20H,5-10H2. The normalized spacial score (nSPS) is 30.5. The van der Waals surface area contributed by atoms with E-state index in [1.807, 2.05) is 0 Å². The molecule has 0 bridgehead atoms. The number of hydrogen-bond acceptors (Lipinski definition) is 8. The number of aliphatic hydroxyl groups is 6. The van der Waals surface area contributed by atoms with Crippen molar-refractivity contribution >= 4 is 0 Å². The summed E-state index contributed by atoms with van der Waals surface area (Å²) in [6.45, 7) is -0.733. The molecule has 0 saturated carbocycles. The van der Waals surface area contributed by atoms with Gasteiger partial charge in [0.2, 0.25) is 0 Å². The van der Waals surface area contributed by atoms with Gasteiger partial charge in [0.05, 0.1) is 39.6 Å². The van der Waals surface area contributed by atoms with Gasteiger partial charge in [0, 0.05) is 0 Å². The van der Waals surface area contributed by atoms with Gasteiger partial charge in [-0.25, -0.2) is 0 Å². The van der Waals surface area contributed by atoms with E-state index in [1.165, 1.54) is 0 Å². The van der Waals surface area contributed by atoms with Gasteiger partial charge in [-0.1, -0.05) is 0 Å². The molecule has 2 unspecified atom stereocenters.